The number of hydrogen-bond donors (Lipinski definition) is 1. The fourth-order valence-corrected chi connectivity index (χ4v) is 5.60. The van der Waals surface area contributed by atoms with Crippen LogP contribution in [0.15, 0.2) is 46.5 Å². The minimum atomic E-state index is -3.84. The van der Waals surface area contributed by atoms with E-state index in [0.29, 0.717) is 5.56 Å². The highest BCUT2D eigenvalue weighted by Crippen LogP contribution is 2.33. The Balaban J connectivity index is 2.00. The third-order valence-corrected chi connectivity index (χ3v) is 6.72. The molecular weight excluding hydrogens is 314 g/mol. The molecule has 0 fully saturated rings. The van der Waals surface area contributed by atoms with Crippen LogP contribution in [0.5, 0.6) is 0 Å². The Hall–Kier alpha value is -1.71. The van der Waals surface area contributed by atoms with Crippen molar-refractivity contribution in [2.24, 2.45) is 7.05 Å². The van der Waals surface area contributed by atoms with Gasteiger partial charge in [0.25, 0.3) is 10.0 Å². The normalized spacial score (nSPS) is 20.3. The van der Waals surface area contributed by atoms with Gasteiger partial charge in [0.1, 0.15) is 0 Å². The summed E-state index contributed by atoms with van der Waals surface area (Å²) in [4.78, 5) is 0.183. The molecule has 21 heavy (non-hydrogen) atoms. The zero-order chi connectivity index (χ0) is 15.3. The number of hydrogen-bond acceptors (Lipinski definition) is 5. The van der Waals surface area contributed by atoms with E-state index >= 15 is 0 Å². The predicted molar refractivity (Wildman–Crippen MR) is 74.8 cm³/mol. The smallest absolute Gasteiger partial charge is 0.256 e. The van der Waals surface area contributed by atoms with E-state index in [4.69, 9.17) is 0 Å². The molecule has 0 bridgehead atoms. The molecule has 0 unspecified atom stereocenters. The fourth-order valence-electron chi connectivity index (χ4n) is 2.42. The molecule has 2 heterocycles. The maximum atomic E-state index is 12.3. The van der Waals surface area contributed by atoms with Crippen molar-refractivity contribution in [2.45, 2.75) is 16.0 Å². The van der Waals surface area contributed by atoms with Crippen molar-refractivity contribution in [3.05, 3.63) is 42.1 Å². The van der Waals surface area contributed by atoms with Crippen LogP contribution in [0.25, 0.3) is 0 Å². The molecule has 1 N–H and O–H groups in total. The van der Waals surface area contributed by atoms with Crippen LogP contribution in [-0.4, -0.2) is 32.4 Å². The maximum absolute atomic E-state index is 12.3. The summed E-state index contributed by atoms with van der Waals surface area (Å²) in [5.41, 5.74) is 0.475. The largest absolute Gasteiger partial charge is 0.258 e. The lowest BCUT2D eigenvalue weighted by molar-refractivity contribution is 0.550. The molecule has 1 aromatic carbocycles. The van der Waals surface area contributed by atoms with Gasteiger partial charge in [-0.2, -0.15) is 5.10 Å². The van der Waals surface area contributed by atoms with E-state index in [0.717, 1.165) is 0 Å². The van der Waals surface area contributed by atoms with Crippen LogP contribution in [-0.2, 0) is 26.9 Å². The number of aryl methyl sites for hydroxylation is 1. The molecule has 0 saturated carbocycles. The van der Waals surface area contributed by atoms with E-state index in [1.54, 1.807) is 18.2 Å². The summed E-state index contributed by atoms with van der Waals surface area (Å²) in [5.74, 6) is -0.274. The molecule has 0 radical (unpaired) electrons. The van der Waals surface area contributed by atoms with Gasteiger partial charge in [0.2, 0.25) is 0 Å². The van der Waals surface area contributed by atoms with Gasteiger partial charge in [-0.25, -0.2) is 21.6 Å². The number of nitrogens with one attached hydrogen (secondary N) is 1. The van der Waals surface area contributed by atoms with E-state index in [9.17, 15) is 16.8 Å². The van der Waals surface area contributed by atoms with Crippen LogP contribution >= 0.6 is 0 Å². The summed E-state index contributed by atoms with van der Waals surface area (Å²) in [6.07, 6.45) is 1.37. The monoisotopic (exact) mass is 327 g/mol. The van der Waals surface area contributed by atoms with Crippen molar-refractivity contribution in [1.29, 1.82) is 0 Å². The van der Waals surface area contributed by atoms with Crippen LogP contribution in [0.2, 0.25) is 0 Å². The minimum absolute atomic E-state index is 0.00993. The van der Waals surface area contributed by atoms with Gasteiger partial charge < -0.3 is 0 Å². The van der Waals surface area contributed by atoms with Crippen molar-refractivity contribution >= 4 is 19.9 Å². The SMILES string of the molecule is Cn1nccc1S(=O)(=O)N[C@@H]1CS(=O)(=O)c2ccccc21. The Kier molecular flexibility index (Phi) is 3.15. The summed E-state index contributed by atoms with van der Waals surface area (Å²) >= 11 is 0. The van der Waals surface area contributed by atoms with Crippen LogP contribution in [0.4, 0.5) is 0 Å². The number of rotatable bonds is 3. The van der Waals surface area contributed by atoms with Gasteiger partial charge in [-0.1, -0.05) is 18.2 Å². The average molecular weight is 327 g/mol. The molecule has 1 aliphatic heterocycles. The Morgan fingerprint density at radius 2 is 2.00 bits per heavy atom. The molecule has 9 heteroatoms. The van der Waals surface area contributed by atoms with Gasteiger partial charge in [-0.3, -0.25) is 4.68 Å². The lowest BCUT2D eigenvalue weighted by atomic mass is 10.1. The number of sulfone groups is 1. The van der Waals surface area contributed by atoms with Crippen molar-refractivity contribution in [1.82, 2.24) is 14.5 Å². The van der Waals surface area contributed by atoms with Crippen LogP contribution in [0, 0.1) is 0 Å². The van der Waals surface area contributed by atoms with E-state index in [-0.39, 0.29) is 15.7 Å². The Bertz CT molecular complexity index is 900. The van der Waals surface area contributed by atoms with Crippen LogP contribution < -0.4 is 4.72 Å². The Labute approximate surface area is 122 Å². The number of nitrogens with zero attached hydrogens (tertiary/aromatic N) is 2. The summed E-state index contributed by atoms with van der Waals surface area (Å²) in [6, 6.07) is 6.99. The summed E-state index contributed by atoms with van der Waals surface area (Å²) in [6.45, 7) is 0. The first-order valence-corrected chi connectivity index (χ1v) is 9.27. The summed E-state index contributed by atoms with van der Waals surface area (Å²) in [5, 5.41) is 3.80. The van der Waals surface area contributed by atoms with E-state index in [1.807, 2.05) is 0 Å². The second-order valence-electron chi connectivity index (χ2n) is 4.79. The zero-order valence-corrected chi connectivity index (χ0v) is 12.7. The van der Waals surface area contributed by atoms with Crippen molar-refractivity contribution in [3.63, 3.8) is 0 Å². The highest BCUT2D eigenvalue weighted by Gasteiger charge is 2.37. The van der Waals surface area contributed by atoms with E-state index in [2.05, 4.69) is 9.82 Å². The molecule has 112 valence electrons. The van der Waals surface area contributed by atoms with Gasteiger partial charge in [0.15, 0.2) is 14.9 Å². The van der Waals surface area contributed by atoms with Gasteiger partial charge in [-0.05, 0) is 17.7 Å². The molecule has 7 nitrogen and oxygen atoms in total. The summed E-state index contributed by atoms with van der Waals surface area (Å²) in [7, 11) is -5.79. The first-order chi connectivity index (χ1) is 9.81. The van der Waals surface area contributed by atoms with E-state index < -0.39 is 25.9 Å². The van der Waals surface area contributed by atoms with Crippen molar-refractivity contribution < 1.29 is 16.8 Å². The van der Waals surface area contributed by atoms with Crippen molar-refractivity contribution in [2.75, 3.05) is 5.75 Å². The van der Waals surface area contributed by atoms with Gasteiger partial charge >= 0.3 is 0 Å². The highest BCUT2D eigenvalue weighted by molar-refractivity contribution is 7.92. The molecule has 0 spiro atoms. The third kappa shape index (κ3) is 2.37. The molecule has 0 amide bonds. The number of fused-ring (bicyclic) bond motifs is 1. The molecule has 0 saturated heterocycles. The molecule has 1 aliphatic rings. The van der Waals surface area contributed by atoms with Gasteiger partial charge in [0, 0.05) is 7.05 Å². The first-order valence-electron chi connectivity index (χ1n) is 6.13. The lowest BCUT2D eigenvalue weighted by Crippen LogP contribution is -2.31. The number of benzene rings is 1. The third-order valence-electron chi connectivity index (χ3n) is 3.36. The summed E-state index contributed by atoms with van der Waals surface area (Å²) < 4.78 is 52.4. The fraction of sp³-hybridized carbons (Fsp3) is 0.250. The minimum Gasteiger partial charge on any atom is -0.256 e. The second kappa shape index (κ2) is 4.65. The zero-order valence-electron chi connectivity index (χ0n) is 11.1. The molecule has 1 aromatic heterocycles. The highest BCUT2D eigenvalue weighted by atomic mass is 32.2. The van der Waals surface area contributed by atoms with Crippen LogP contribution in [0.3, 0.4) is 0 Å². The molecule has 1 atom stereocenters. The quantitative estimate of drug-likeness (QED) is 0.870. The lowest BCUT2D eigenvalue weighted by Gasteiger charge is -2.13. The van der Waals surface area contributed by atoms with E-state index in [1.165, 1.54) is 30.1 Å². The molecule has 2 aromatic rings. The maximum Gasteiger partial charge on any atom is 0.258 e. The average Bonchev–Trinajstić information content (AvgIpc) is 2.93. The molecule has 3 rings (SSSR count). The molecular formula is C12H13N3O4S2. The predicted octanol–water partition coefficient (Wildman–Crippen LogP) is 0.227. The van der Waals surface area contributed by atoms with Gasteiger partial charge in [0.05, 0.1) is 22.9 Å². The standard InChI is InChI=1S/C12H13N3O4S2/c1-15-12(6-7-13-15)21(18,19)14-10-8-20(16,17)11-5-3-2-4-9(10)11/h2-7,10,14H,8H2,1H3/t10-/m1/s1. The number of sulfonamides is 1. The Morgan fingerprint density at radius 3 is 2.67 bits per heavy atom. The van der Waals surface area contributed by atoms with Crippen molar-refractivity contribution in [3.8, 4) is 0 Å². The Morgan fingerprint density at radius 1 is 1.29 bits per heavy atom. The first kappa shape index (κ1) is 14.2. The topological polar surface area (TPSA) is 98.1 Å². The second-order valence-corrected chi connectivity index (χ2v) is 8.45. The number of aromatic nitrogens is 2. The van der Waals surface area contributed by atoms with Gasteiger partial charge in [-0.15, -0.1) is 0 Å². The van der Waals surface area contributed by atoms with Crippen LogP contribution in [0.1, 0.15) is 11.6 Å². The molecule has 0 aliphatic carbocycles.